The zero-order chi connectivity index (χ0) is 15.1. The van der Waals surface area contributed by atoms with Gasteiger partial charge in [0.15, 0.2) is 17.3 Å². The zero-order valence-corrected chi connectivity index (χ0v) is 12.6. The summed E-state index contributed by atoms with van der Waals surface area (Å²) in [6.07, 6.45) is 0. The van der Waals surface area contributed by atoms with E-state index in [0.717, 1.165) is 0 Å². The Morgan fingerprint density at radius 2 is 1.45 bits per heavy atom. The summed E-state index contributed by atoms with van der Waals surface area (Å²) in [5.74, 6) is -3.05. The predicted molar refractivity (Wildman–Crippen MR) is 77.3 cm³/mol. The van der Waals surface area contributed by atoms with Crippen molar-refractivity contribution in [1.29, 1.82) is 0 Å². The lowest BCUT2D eigenvalue weighted by atomic mass is 9.69. The molecule has 1 aliphatic carbocycles. The molecule has 2 atom stereocenters. The molecule has 1 saturated carbocycles. The monoisotopic (exact) mass is 312 g/mol. The van der Waals surface area contributed by atoms with Crippen molar-refractivity contribution in [3.8, 4) is 0 Å². The number of hydrogen-bond acceptors (Lipinski definition) is 3. The van der Waals surface area contributed by atoms with E-state index in [0.29, 0.717) is 5.56 Å². The van der Waals surface area contributed by atoms with Crippen LogP contribution in [0.25, 0.3) is 0 Å². The second kappa shape index (κ2) is 5.30. The first-order valence-electron chi connectivity index (χ1n) is 6.23. The summed E-state index contributed by atoms with van der Waals surface area (Å²) in [4.78, 5) is 36.9. The molecule has 3 nitrogen and oxygen atoms in total. The van der Waals surface area contributed by atoms with Crippen molar-refractivity contribution in [2.75, 3.05) is 0 Å². The number of hydrogen-bond donors (Lipinski definition) is 0. The minimum absolute atomic E-state index is 0.312. The van der Waals surface area contributed by atoms with E-state index in [-0.39, 0.29) is 0 Å². The fraction of sp³-hybridized carbons (Fsp3) is 0.400. The molecule has 0 aliphatic heterocycles. The van der Waals surface area contributed by atoms with Crippen LogP contribution in [0.1, 0.15) is 24.2 Å². The van der Waals surface area contributed by atoms with Crippen LogP contribution in [-0.2, 0) is 9.59 Å². The number of rotatable bonds is 2. The van der Waals surface area contributed by atoms with Crippen molar-refractivity contribution in [2.24, 2.45) is 11.3 Å². The van der Waals surface area contributed by atoms with Gasteiger partial charge in [0.25, 0.3) is 0 Å². The molecule has 0 aromatic heterocycles. The third-order valence-electron chi connectivity index (χ3n) is 3.70. The van der Waals surface area contributed by atoms with Crippen LogP contribution >= 0.6 is 23.2 Å². The Labute approximate surface area is 127 Å². The molecule has 0 heterocycles. The van der Waals surface area contributed by atoms with Crippen molar-refractivity contribution < 1.29 is 14.4 Å². The first-order chi connectivity index (χ1) is 9.28. The van der Waals surface area contributed by atoms with Gasteiger partial charge in [-0.15, -0.1) is 23.2 Å². The molecule has 0 unspecified atom stereocenters. The largest absolute Gasteiger partial charge is 0.297 e. The van der Waals surface area contributed by atoms with Gasteiger partial charge >= 0.3 is 0 Å². The van der Waals surface area contributed by atoms with Gasteiger partial charge in [-0.1, -0.05) is 44.2 Å². The van der Waals surface area contributed by atoms with Crippen molar-refractivity contribution in [3.63, 3.8) is 0 Å². The van der Waals surface area contributed by atoms with Crippen LogP contribution in [0, 0.1) is 11.3 Å². The molecule has 1 aromatic rings. The van der Waals surface area contributed by atoms with E-state index in [4.69, 9.17) is 23.2 Å². The first-order valence-corrected chi connectivity index (χ1v) is 7.10. The second-order valence-corrected chi connectivity index (χ2v) is 6.39. The van der Waals surface area contributed by atoms with Crippen LogP contribution < -0.4 is 0 Å². The Hall–Kier alpha value is -1.19. The maximum Gasteiger partial charge on any atom is 0.180 e. The van der Waals surface area contributed by atoms with E-state index in [1.54, 1.807) is 44.2 Å². The Morgan fingerprint density at radius 1 is 1.00 bits per heavy atom. The fourth-order valence-electron chi connectivity index (χ4n) is 2.32. The number of halogens is 2. The molecule has 0 radical (unpaired) electrons. The highest BCUT2D eigenvalue weighted by molar-refractivity contribution is 6.45. The Balaban J connectivity index is 2.40. The van der Waals surface area contributed by atoms with Gasteiger partial charge in [0.1, 0.15) is 16.7 Å². The third kappa shape index (κ3) is 2.29. The number of carbonyl (C=O) groups excluding carboxylic acids is 3. The Morgan fingerprint density at radius 3 is 1.90 bits per heavy atom. The van der Waals surface area contributed by atoms with E-state index in [2.05, 4.69) is 0 Å². The predicted octanol–water partition coefficient (Wildman–Crippen LogP) is 2.88. The van der Waals surface area contributed by atoms with Crippen LogP contribution in [0.3, 0.4) is 0 Å². The van der Waals surface area contributed by atoms with Crippen molar-refractivity contribution in [1.82, 2.24) is 0 Å². The highest BCUT2D eigenvalue weighted by Gasteiger charge is 2.55. The molecule has 1 aliphatic rings. The molecule has 20 heavy (non-hydrogen) atoms. The molecule has 1 aromatic carbocycles. The number of carbonyl (C=O) groups is 3. The summed E-state index contributed by atoms with van der Waals surface area (Å²) in [7, 11) is 0. The van der Waals surface area contributed by atoms with Gasteiger partial charge in [0.05, 0.1) is 0 Å². The SMILES string of the molecule is CC1(C)[C@H](Cl)C(=O)C(C(=O)c2ccccc2)C(=O)[C@H]1Cl. The molecular formula is C15H14Cl2O3. The van der Waals surface area contributed by atoms with Gasteiger partial charge in [0, 0.05) is 11.0 Å². The van der Waals surface area contributed by atoms with Gasteiger partial charge in [-0.25, -0.2) is 0 Å². The van der Waals surface area contributed by atoms with E-state index >= 15 is 0 Å². The minimum atomic E-state index is -1.39. The van der Waals surface area contributed by atoms with Crippen molar-refractivity contribution >= 4 is 40.6 Å². The zero-order valence-electron chi connectivity index (χ0n) is 11.1. The number of Topliss-reactive ketones (excluding diaryl/α,β-unsaturated/α-hetero) is 3. The van der Waals surface area contributed by atoms with Gasteiger partial charge in [-0.05, 0) is 0 Å². The number of benzene rings is 1. The van der Waals surface area contributed by atoms with Gasteiger partial charge in [0.2, 0.25) is 0 Å². The highest BCUT2D eigenvalue weighted by Crippen LogP contribution is 2.41. The first kappa shape index (κ1) is 15.2. The molecule has 5 heteroatoms. The molecule has 1 fully saturated rings. The molecule has 2 rings (SSSR count). The lowest BCUT2D eigenvalue weighted by Crippen LogP contribution is -2.56. The van der Waals surface area contributed by atoms with Gasteiger partial charge in [-0.3, -0.25) is 14.4 Å². The molecule has 0 saturated heterocycles. The molecule has 0 N–H and O–H groups in total. The quantitative estimate of drug-likeness (QED) is 0.479. The van der Waals surface area contributed by atoms with E-state index in [1.165, 1.54) is 0 Å². The van der Waals surface area contributed by atoms with Crippen LogP contribution in [0.4, 0.5) is 0 Å². The molecule has 0 amide bonds. The summed E-state index contributed by atoms with van der Waals surface area (Å²) < 4.78 is 0. The summed E-state index contributed by atoms with van der Waals surface area (Å²) in [6.45, 7) is 3.31. The average Bonchev–Trinajstić information content (AvgIpc) is 2.44. The summed E-state index contributed by atoms with van der Waals surface area (Å²) in [5, 5.41) is -1.92. The van der Waals surface area contributed by atoms with Gasteiger partial charge in [-0.2, -0.15) is 0 Å². The maximum absolute atomic E-state index is 12.4. The second-order valence-electron chi connectivity index (χ2n) is 5.51. The van der Waals surface area contributed by atoms with Crippen LogP contribution in [0.2, 0.25) is 0 Å². The standard InChI is InChI=1S/C15H14Cl2O3/c1-15(2)13(16)11(19)9(12(20)14(15)17)10(18)8-6-4-3-5-7-8/h3-7,9,13-14H,1-2H3/t13-,14-/m1/s1. The minimum Gasteiger partial charge on any atom is -0.297 e. The smallest absolute Gasteiger partial charge is 0.180 e. The average molecular weight is 313 g/mol. The van der Waals surface area contributed by atoms with E-state index in [1.807, 2.05) is 0 Å². The maximum atomic E-state index is 12.4. The molecule has 106 valence electrons. The van der Waals surface area contributed by atoms with Crippen LogP contribution in [0.5, 0.6) is 0 Å². The Bertz CT molecular complexity index is 542. The lowest BCUT2D eigenvalue weighted by Gasteiger charge is -2.39. The van der Waals surface area contributed by atoms with E-state index in [9.17, 15) is 14.4 Å². The molecule has 0 spiro atoms. The van der Waals surface area contributed by atoms with Gasteiger partial charge < -0.3 is 0 Å². The lowest BCUT2D eigenvalue weighted by molar-refractivity contribution is -0.136. The van der Waals surface area contributed by atoms with E-state index < -0.39 is 39.4 Å². The fourth-order valence-corrected chi connectivity index (χ4v) is 2.89. The highest BCUT2D eigenvalue weighted by atomic mass is 35.5. The van der Waals surface area contributed by atoms with Crippen LogP contribution in [-0.4, -0.2) is 28.1 Å². The topological polar surface area (TPSA) is 51.2 Å². The Kier molecular flexibility index (Phi) is 4.03. The van der Waals surface area contributed by atoms with Crippen molar-refractivity contribution in [2.45, 2.75) is 24.6 Å². The summed E-state index contributed by atoms with van der Waals surface area (Å²) >= 11 is 12.2. The third-order valence-corrected chi connectivity index (χ3v) is 5.25. The molecule has 0 bridgehead atoms. The van der Waals surface area contributed by atoms with Crippen LogP contribution in [0.15, 0.2) is 30.3 Å². The molecular weight excluding hydrogens is 299 g/mol. The summed E-state index contributed by atoms with van der Waals surface area (Å²) in [6, 6.07) is 8.22. The number of alkyl halides is 2. The summed E-state index contributed by atoms with van der Waals surface area (Å²) in [5.41, 5.74) is -0.559. The number of ketones is 3. The normalized spacial score (nSPS) is 29.3. The van der Waals surface area contributed by atoms with Crippen molar-refractivity contribution in [3.05, 3.63) is 35.9 Å².